The predicted molar refractivity (Wildman–Crippen MR) is 113 cm³/mol. The maximum absolute atomic E-state index is 13.4. The fourth-order valence-electron chi connectivity index (χ4n) is 2.94. The lowest BCUT2D eigenvalue weighted by molar-refractivity contribution is 0.415. The molecule has 0 aliphatic heterocycles. The van der Waals surface area contributed by atoms with Gasteiger partial charge in [0.15, 0.2) is 5.82 Å². The zero-order valence-corrected chi connectivity index (χ0v) is 17.9. The summed E-state index contributed by atoms with van der Waals surface area (Å²) < 4.78 is 47.7. The minimum absolute atomic E-state index is 0.0411. The smallest absolute Gasteiger partial charge is 0.240 e. The summed E-state index contributed by atoms with van der Waals surface area (Å²) >= 11 is 1.44. The van der Waals surface area contributed by atoms with E-state index in [1.54, 1.807) is 11.6 Å². The number of hydrogen-bond acceptors (Lipinski definition) is 6. The van der Waals surface area contributed by atoms with Gasteiger partial charge in [0.2, 0.25) is 15.0 Å². The standard InChI is InChI=1S/C20H19FN4O3S2/c1-13-11-17(7-8-18(13)21)30(26,27)22-10-9-15-12-29-20-23-19(24-25(15)20)14-3-5-16(28-2)6-4-14/h3-8,11-12,22H,9-10H2,1-2H3. The van der Waals surface area contributed by atoms with E-state index in [0.717, 1.165) is 28.0 Å². The van der Waals surface area contributed by atoms with Gasteiger partial charge in [0, 0.05) is 23.9 Å². The highest BCUT2D eigenvalue weighted by molar-refractivity contribution is 7.89. The number of halogens is 1. The van der Waals surface area contributed by atoms with Crippen molar-refractivity contribution in [3.8, 4) is 17.1 Å². The number of aromatic nitrogens is 3. The van der Waals surface area contributed by atoms with E-state index in [0.29, 0.717) is 12.2 Å². The maximum atomic E-state index is 13.4. The van der Waals surface area contributed by atoms with Crippen molar-refractivity contribution in [1.82, 2.24) is 19.3 Å². The van der Waals surface area contributed by atoms with Crippen molar-refractivity contribution in [3.63, 3.8) is 0 Å². The molecule has 4 rings (SSSR count). The Labute approximate surface area is 177 Å². The second kappa shape index (κ2) is 8.13. The number of ether oxygens (including phenoxy) is 1. The van der Waals surface area contributed by atoms with Crippen LogP contribution in [0, 0.1) is 12.7 Å². The zero-order valence-electron chi connectivity index (χ0n) is 16.3. The molecule has 0 unspecified atom stereocenters. The zero-order chi connectivity index (χ0) is 21.3. The van der Waals surface area contributed by atoms with Gasteiger partial charge in [0.1, 0.15) is 11.6 Å². The Morgan fingerprint density at radius 3 is 2.67 bits per heavy atom. The molecule has 0 radical (unpaired) electrons. The molecule has 0 bridgehead atoms. The Balaban J connectivity index is 1.47. The number of nitrogens with one attached hydrogen (secondary N) is 1. The first-order valence-corrected chi connectivity index (χ1v) is 11.5. The largest absolute Gasteiger partial charge is 0.497 e. The van der Waals surface area contributed by atoms with E-state index in [1.165, 1.54) is 30.4 Å². The molecule has 0 saturated heterocycles. The molecular weight excluding hydrogens is 427 g/mol. The normalized spacial score (nSPS) is 11.8. The number of sulfonamides is 1. The number of benzene rings is 2. The molecular formula is C20H19FN4O3S2. The number of nitrogens with zero attached hydrogens (tertiary/aromatic N) is 3. The minimum Gasteiger partial charge on any atom is -0.497 e. The Morgan fingerprint density at radius 1 is 1.20 bits per heavy atom. The molecule has 4 aromatic rings. The topological polar surface area (TPSA) is 85.6 Å². The first-order valence-electron chi connectivity index (χ1n) is 9.11. The van der Waals surface area contributed by atoms with E-state index in [4.69, 9.17) is 4.74 Å². The number of hydrogen-bond donors (Lipinski definition) is 1. The predicted octanol–water partition coefficient (Wildman–Crippen LogP) is 3.43. The highest BCUT2D eigenvalue weighted by Gasteiger charge is 2.16. The summed E-state index contributed by atoms with van der Waals surface area (Å²) in [5.41, 5.74) is 2.00. The summed E-state index contributed by atoms with van der Waals surface area (Å²) in [5.74, 6) is 0.908. The van der Waals surface area contributed by atoms with Crippen molar-refractivity contribution in [3.05, 3.63) is 64.9 Å². The van der Waals surface area contributed by atoms with Crippen molar-refractivity contribution in [2.75, 3.05) is 13.7 Å². The van der Waals surface area contributed by atoms with Crippen LogP contribution in [0.1, 0.15) is 11.3 Å². The van der Waals surface area contributed by atoms with Gasteiger partial charge in [-0.15, -0.1) is 16.4 Å². The number of fused-ring (bicyclic) bond motifs is 1. The third-order valence-electron chi connectivity index (χ3n) is 4.61. The lowest BCUT2D eigenvalue weighted by atomic mass is 10.2. The highest BCUT2D eigenvalue weighted by Crippen LogP contribution is 2.23. The summed E-state index contributed by atoms with van der Waals surface area (Å²) in [4.78, 5) is 5.31. The third kappa shape index (κ3) is 4.07. The summed E-state index contributed by atoms with van der Waals surface area (Å²) in [6, 6.07) is 11.2. The highest BCUT2D eigenvalue weighted by atomic mass is 32.2. The van der Waals surface area contributed by atoms with Gasteiger partial charge in [-0.05, 0) is 55.0 Å². The number of aryl methyl sites for hydroxylation is 1. The number of rotatable bonds is 7. The van der Waals surface area contributed by atoms with Crippen LogP contribution in [-0.4, -0.2) is 36.7 Å². The quantitative estimate of drug-likeness (QED) is 0.470. The van der Waals surface area contributed by atoms with E-state index in [9.17, 15) is 12.8 Å². The summed E-state index contributed by atoms with van der Waals surface area (Å²) in [5, 5.41) is 6.46. The molecule has 0 spiro atoms. The van der Waals surface area contributed by atoms with Gasteiger partial charge in [-0.25, -0.2) is 22.0 Å². The van der Waals surface area contributed by atoms with Gasteiger partial charge in [0.25, 0.3) is 0 Å². The average Bonchev–Trinajstić information content (AvgIpc) is 3.32. The van der Waals surface area contributed by atoms with E-state index >= 15 is 0 Å². The van der Waals surface area contributed by atoms with Crippen molar-refractivity contribution >= 4 is 26.3 Å². The molecule has 2 aromatic heterocycles. The first-order chi connectivity index (χ1) is 14.4. The summed E-state index contributed by atoms with van der Waals surface area (Å²) in [6.45, 7) is 1.71. The van der Waals surface area contributed by atoms with Gasteiger partial charge < -0.3 is 4.74 Å². The van der Waals surface area contributed by atoms with Gasteiger partial charge in [0.05, 0.1) is 17.7 Å². The molecule has 156 valence electrons. The molecule has 30 heavy (non-hydrogen) atoms. The van der Waals surface area contributed by atoms with Crippen LogP contribution in [-0.2, 0) is 16.4 Å². The third-order valence-corrected chi connectivity index (χ3v) is 6.93. The Hall–Kier alpha value is -2.82. The second-order valence-electron chi connectivity index (χ2n) is 6.64. The lowest BCUT2D eigenvalue weighted by Crippen LogP contribution is -2.26. The molecule has 1 N–H and O–H groups in total. The van der Waals surface area contributed by atoms with Crippen LogP contribution in [0.3, 0.4) is 0 Å². The minimum atomic E-state index is -3.72. The lowest BCUT2D eigenvalue weighted by Gasteiger charge is -2.07. The fraction of sp³-hybridized carbons (Fsp3) is 0.200. The molecule has 0 fully saturated rings. The van der Waals surface area contributed by atoms with Crippen LogP contribution in [0.5, 0.6) is 5.75 Å². The van der Waals surface area contributed by atoms with Crippen LogP contribution >= 0.6 is 11.3 Å². The molecule has 0 atom stereocenters. The van der Waals surface area contributed by atoms with Crippen LogP contribution in [0.4, 0.5) is 4.39 Å². The Morgan fingerprint density at radius 2 is 1.97 bits per heavy atom. The molecule has 0 saturated carbocycles. The first kappa shape index (κ1) is 20.5. The Bertz CT molecular complexity index is 1300. The van der Waals surface area contributed by atoms with Gasteiger partial charge in [-0.2, -0.15) is 4.98 Å². The molecule has 0 aliphatic carbocycles. The molecule has 2 aromatic carbocycles. The number of thiazole rings is 1. The van der Waals surface area contributed by atoms with Crippen LogP contribution in [0.25, 0.3) is 16.3 Å². The van der Waals surface area contributed by atoms with E-state index < -0.39 is 15.8 Å². The SMILES string of the molecule is COc1ccc(-c2nc3scc(CCNS(=O)(=O)c4ccc(F)c(C)c4)n3n2)cc1. The number of methoxy groups -OCH3 is 1. The monoisotopic (exact) mass is 446 g/mol. The molecule has 0 aliphatic rings. The van der Waals surface area contributed by atoms with Crippen molar-refractivity contribution in [2.45, 2.75) is 18.2 Å². The summed E-state index contributed by atoms with van der Waals surface area (Å²) in [7, 11) is -2.11. The van der Waals surface area contributed by atoms with E-state index in [2.05, 4.69) is 14.8 Å². The Kier molecular flexibility index (Phi) is 5.54. The van der Waals surface area contributed by atoms with E-state index in [-0.39, 0.29) is 17.0 Å². The van der Waals surface area contributed by atoms with E-state index in [1.807, 2.05) is 29.6 Å². The van der Waals surface area contributed by atoms with Crippen molar-refractivity contribution in [2.24, 2.45) is 0 Å². The maximum Gasteiger partial charge on any atom is 0.240 e. The fourth-order valence-corrected chi connectivity index (χ4v) is 4.91. The average molecular weight is 447 g/mol. The molecule has 7 nitrogen and oxygen atoms in total. The molecule has 10 heteroatoms. The second-order valence-corrected chi connectivity index (χ2v) is 9.25. The van der Waals surface area contributed by atoms with Gasteiger partial charge >= 0.3 is 0 Å². The summed E-state index contributed by atoms with van der Waals surface area (Å²) in [6.07, 6.45) is 0.435. The van der Waals surface area contributed by atoms with Gasteiger partial charge in [-0.1, -0.05) is 0 Å². The van der Waals surface area contributed by atoms with Crippen molar-refractivity contribution in [1.29, 1.82) is 0 Å². The van der Waals surface area contributed by atoms with Crippen LogP contribution in [0.15, 0.2) is 52.7 Å². The molecule has 2 heterocycles. The van der Waals surface area contributed by atoms with Gasteiger partial charge in [-0.3, -0.25) is 0 Å². The van der Waals surface area contributed by atoms with Crippen LogP contribution in [0.2, 0.25) is 0 Å². The van der Waals surface area contributed by atoms with Crippen LogP contribution < -0.4 is 9.46 Å². The molecule has 0 amide bonds. The van der Waals surface area contributed by atoms with Crippen molar-refractivity contribution < 1.29 is 17.5 Å².